The molecule has 2 N–H and O–H groups in total. The van der Waals surface area contributed by atoms with Gasteiger partial charge < -0.3 is 10.6 Å². The second kappa shape index (κ2) is 4.07. The first-order valence-corrected chi connectivity index (χ1v) is 7.23. The average Bonchev–Trinajstić information content (AvgIpc) is 3.30. The first kappa shape index (κ1) is 12.7. The van der Waals surface area contributed by atoms with Gasteiger partial charge >= 0.3 is 0 Å². The standard InChI is InChI=1S/C16H22N2O/c1-3-18(4-2)14(19)16(11-15(16)10-13(15)17)12-8-6-5-7-9-12/h5-9,13H,3-4,10-11,17H2,1-2H3/t13?,15-,16-/m0/s1. The van der Waals surface area contributed by atoms with Crippen molar-refractivity contribution >= 4 is 5.91 Å². The molecule has 0 aromatic heterocycles. The minimum Gasteiger partial charge on any atom is -0.342 e. The highest BCUT2D eigenvalue weighted by molar-refractivity contribution is 5.94. The van der Waals surface area contributed by atoms with E-state index in [1.807, 2.05) is 36.9 Å². The molecule has 1 aromatic rings. The highest BCUT2D eigenvalue weighted by Crippen LogP contribution is 2.78. The fraction of sp³-hybridized carbons (Fsp3) is 0.562. The van der Waals surface area contributed by atoms with E-state index in [0.717, 1.165) is 31.5 Å². The molecule has 19 heavy (non-hydrogen) atoms. The lowest BCUT2D eigenvalue weighted by atomic mass is 9.90. The van der Waals surface area contributed by atoms with Gasteiger partial charge in [-0.25, -0.2) is 0 Å². The first-order chi connectivity index (χ1) is 9.12. The molecule has 2 aliphatic rings. The maximum Gasteiger partial charge on any atom is 0.233 e. The number of amides is 1. The number of nitrogens with two attached hydrogens (primary N) is 1. The second-order valence-electron chi connectivity index (χ2n) is 5.89. The number of rotatable bonds is 4. The van der Waals surface area contributed by atoms with E-state index in [2.05, 4.69) is 12.1 Å². The molecule has 3 heteroatoms. The fourth-order valence-electron chi connectivity index (χ4n) is 3.76. The maximum absolute atomic E-state index is 13.0. The van der Waals surface area contributed by atoms with Gasteiger partial charge in [0.05, 0.1) is 5.41 Å². The summed E-state index contributed by atoms with van der Waals surface area (Å²) < 4.78 is 0. The molecular formula is C16H22N2O. The van der Waals surface area contributed by atoms with Crippen LogP contribution in [0.5, 0.6) is 0 Å². The lowest BCUT2D eigenvalue weighted by Crippen LogP contribution is -2.41. The van der Waals surface area contributed by atoms with Crippen molar-refractivity contribution < 1.29 is 4.79 Å². The molecule has 1 unspecified atom stereocenters. The molecule has 2 saturated carbocycles. The Kier molecular flexibility index (Phi) is 2.72. The Labute approximate surface area is 114 Å². The van der Waals surface area contributed by atoms with Crippen molar-refractivity contribution in [2.75, 3.05) is 13.1 Å². The first-order valence-electron chi connectivity index (χ1n) is 7.23. The Balaban J connectivity index is 1.99. The summed E-state index contributed by atoms with van der Waals surface area (Å²) >= 11 is 0. The van der Waals surface area contributed by atoms with Gasteiger partial charge in [0.2, 0.25) is 5.91 Å². The van der Waals surface area contributed by atoms with Crippen LogP contribution in [-0.2, 0) is 10.2 Å². The Bertz CT molecular complexity index is 497. The van der Waals surface area contributed by atoms with Gasteiger partial charge in [-0.1, -0.05) is 30.3 Å². The van der Waals surface area contributed by atoms with Crippen molar-refractivity contribution in [3.63, 3.8) is 0 Å². The largest absolute Gasteiger partial charge is 0.342 e. The average molecular weight is 258 g/mol. The summed E-state index contributed by atoms with van der Waals surface area (Å²) in [6, 6.07) is 10.4. The van der Waals surface area contributed by atoms with E-state index in [9.17, 15) is 4.79 Å². The number of hydrogen-bond acceptors (Lipinski definition) is 2. The molecule has 0 heterocycles. The van der Waals surface area contributed by atoms with Gasteiger partial charge in [0.25, 0.3) is 0 Å². The van der Waals surface area contributed by atoms with E-state index < -0.39 is 0 Å². The lowest BCUT2D eigenvalue weighted by Gasteiger charge is -2.26. The molecule has 0 aliphatic heterocycles. The quantitative estimate of drug-likeness (QED) is 0.896. The van der Waals surface area contributed by atoms with E-state index in [0.29, 0.717) is 0 Å². The lowest BCUT2D eigenvalue weighted by molar-refractivity contribution is -0.134. The monoisotopic (exact) mass is 258 g/mol. The van der Waals surface area contributed by atoms with Crippen LogP contribution in [0.2, 0.25) is 0 Å². The van der Waals surface area contributed by atoms with Gasteiger partial charge in [0.15, 0.2) is 0 Å². The Hall–Kier alpha value is -1.35. The van der Waals surface area contributed by atoms with Crippen LogP contribution in [0.4, 0.5) is 0 Å². The highest BCUT2D eigenvalue weighted by atomic mass is 16.2. The molecule has 3 rings (SSSR count). The summed E-state index contributed by atoms with van der Waals surface area (Å²) in [5.41, 5.74) is 7.01. The second-order valence-corrected chi connectivity index (χ2v) is 5.89. The van der Waals surface area contributed by atoms with Crippen molar-refractivity contribution in [2.45, 2.75) is 38.1 Å². The fourth-order valence-corrected chi connectivity index (χ4v) is 3.76. The van der Waals surface area contributed by atoms with E-state index in [4.69, 9.17) is 5.73 Å². The third-order valence-corrected chi connectivity index (χ3v) is 5.12. The van der Waals surface area contributed by atoms with Gasteiger partial charge in [-0.05, 0) is 32.3 Å². The van der Waals surface area contributed by atoms with E-state index in [1.165, 1.54) is 0 Å². The van der Waals surface area contributed by atoms with E-state index >= 15 is 0 Å². The van der Waals surface area contributed by atoms with Gasteiger partial charge in [-0.3, -0.25) is 4.79 Å². The Morgan fingerprint density at radius 2 is 1.89 bits per heavy atom. The van der Waals surface area contributed by atoms with Crippen LogP contribution in [0.1, 0.15) is 32.3 Å². The smallest absolute Gasteiger partial charge is 0.233 e. The van der Waals surface area contributed by atoms with Crippen LogP contribution >= 0.6 is 0 Å². The Morgan fingerprint density at radius 3 is 2.32 bits per heavy atom. The van der Waals surface area contributed by atoms with Crippen LogP contribution < -0.4 is 5.73 Å². The molecule has 0 bridgehead atoms. The molecule has 0 radical (unpaired) electrons. The summed E-state index contributed by atoms with van der Waals surface area (Å²) in [7, 11) is 0. The normalized spacial score (nSPS) is 35.2. The van der Waals surface area contributed by atoms with Crippen molar-refractivity contribution in [3.8, 4) is 0 Å². The zero-order valence-electron chi connectivity index (χ0n) is 11.7. The third-order valence-electron chi connectivity index (χ3n) is 5.12. The SMILES string of the molecule is CCN(CC)C(=O)[C@@]1(c2ccccc2)C[C@]12CC2N. The number of carbonyl (C=O) groups is 1. The molecule has 0 saturated heterocycles. The summed E-state index contributed by atoms with van der Waals surface area (Å²) in [6.07, 6.45) is 1.93. The molecule has 2 fully saturated rings. The van der Waals surface area contributed by atoms with Crippen LogP contribution in [0.25, 0.3) is 0 Å². The molecule has 1 amide bonds. The molecule has 1 spiro atoms. The Morgan fingerprint density at radius 1 is 1.32 bits per heavy atom. The number of benzene rings is 1. The van der Waals surface area contributed by atoms with Gasteiger partial charge in [0.1, 0.15) is 0 Å². The van der Waals surface area contributed by atoms with Crippen molar-refractivity contribution in [2.24, 2.45) is 11.1 Å². The minimum absolute atomic E-state index is 0.0635. The topological polar surface area (TPSA) is 46.3 Å². The van der Waals surface area contributed by atoms with Crippen molar-refractivity contribution in [1.29, 1.82) is 0 Å². The summed E-state index contributed by atoms with van der Waals surface area (Å²) in [5, 5.41) is 0. The predicted octanol–water partition coefficient (Wildman–Crippen LogP) is 1.91. The minimum atomic E-state index is -0.334. The van der Waals surface area contributed by atoms with Crippen LogP contribution in [0, 0.1) is 5.41 Å². The van der Waals surface area contributed by atoms with Crippen LogP contribution in [-0.4, -0.2) is 29.9 Å². The van der Waals surface area contributed by atoms with Crippen molar-refractivity contribution in [3.05, 3.63) is 35.9 Å². The molecule has 3 atom stereocenters. The van der Waals surface area contributed by atoms with E-state index in [-0.39, 0.29) is 22.8 Å². The van der Waals surface area contributed by atoms with Crippen LogP contribution in [0.15, 0.2) is 30.3 Å². The molecular weight excluding hydrogens is 236 g/mol. The number of carbonyl (C=O) groups excluding carboxylic acids is 1. The van der Waals surface area contributed by atoms with E-state index in [1.54, 1.807) is 0 Å². The maximum atomic E-state index is 13.0. The molecule has 2 aliphatic carbocycles. The third kappa shape index (κ3) is 1.51. The van der Waals surface area contributed by atoms with Crippen molar-refractivity contribution in [1.82, 2.24) is 4.90 Å². The van der Waals surface area contributed by atoms with Gasteiger partial charge in [-0.15, -0.1) is 0 Å². The molecule has 1 aromatic carbocycles. The predicted molar refractivity (Wildman–Crippen MR) is 75.7 cm³/mol. The number of hydrogen-bond donors (Lipinski definition) is 1. The summed E-state index contributed by atoms with van der Waals surface area (Å²) in [4.78, 5) is 14.9. The van der Waals surface area contributed by atoms with Gasteiger partial charge in [0, 0.05) is 24.5 Å². The van der Waals surface area contributed by atoms with Crippen LogP contribution in [0.3, 0.4) is 0 Å². The molecule has 3 nitrogen and oxygen atoms in total. The zero-order valence-corrected chi connectivity index (χ0v) is 11.7. The summed E-state index contributed by atoms with van der Waals surface area (Å²) in [6.45, 7) is 5.63. The zero-order chi connectivity index (χ0) is 13.7. The number of nitrogens with zero attached hydrogens (tertiary/aromatic N) is 1. The molecule has 102 valence electrons. The highest BCUT2D eigenvalue weighted by Gasteiger charge is 2.82. The van der Waals surface area contributed by atoms with Gasteiger partial charge in [-0.2, -0.15) is 0 Å². The summed E-state index contributed by atoms with van der Waals surface area (Å²) in [5.74, 6) is 0.275. The number of likely N-dealkylation sites (N-methyl/N-ethyl adjacent to an activating group) is 1.